The zero-order valence-corrected chi connectivity index (χ0v) is 15.1. The minimum atomic E-state index is -0.488. The van der Waals surface area contributed by atoms with Crippen molar-refractivity contribution in [3.63, 3.8) is 0 Å². The number of carbonyl (C=O) groups excluding carboxylic acids is 2. The van der Waals surface area contributed by atoms with Crippen molar-refractivity contribution in [2.45, 2.75) is 18.3 Å². The van der Waals surface area contributed by atoms with Crippen LogP contribution in [0.25, 0.3) is 0 Å². The van der Waals surface area contributed by atoms with Crippen LogP contribution in [0.5, 0.6) is 5.75 Å². The zero-order valence-electron chi connectivity index (χ0n) is 14.3. The van der Waals surface area contributed by atoms with Crippen LogP contribution < -0.4 is 9.46 Å². The van der Waals surface area contributed by atoms with Crippen molar-refractivity contribution in [3.8, 4) is 5.75 Å². The van der Waals surface area contributed by atoms with Gasteiger partial charge in [0.25, 0.3) is 0 Å². The van der Waals surface area contributed by atoms with E-state index in [4.69, 9.17) is 14.2 Å². The van der Waals surface area contributed by atoms with Crippen molar-refractivity contribution < 1.29 is 23.8 Å². The SMILES string of the molecule is COC(=O)c1ccc2c(c1)OCC[C@H]2SNC(=O)OCc1ccccc1. The van der Waals surface area contributed by atoms with Gasteiger partial charge in [-0.2, -0.15) is 0 Å². The third-order valence-corrected chi connectivity index (χ3v) is 4.98. The molecule has 1 atom stereocenters. The van der Waals surface area contributed by atoms with Crippen LogP contribution in [0.1, 0.15) is 33.2 Å². The first-order valence-electron chi connectivity index (χ1n) is 8.15. The molecule has 6 nitrogen and oxygen atoms in total. The predicted octanol–water partition coefficient (Wildman–Crippen LogP) is 3.87. The molecule has 3 rings (SSSR count). The zero-order chi connectivity index (χ0) is 18.4. The Balaban J connectivity index is 1.56. The van der Waals surface area contributed by atoms with Gasteiger partial charge in [0.15, 0.2) is 0 Å². The van der Waals surface area contributed by atoms with Crippen molar-refractivity contribution in [1.29, 1.82) is 0 Å². The normalized spacial score (nSPS) is 15.3. The number of hydrogen-bond acceptors (Lipinski definition) is 6. The van der Waals surface area contributed by atoms with Crippen LogP contribution in [0.2, 0.25) is 0 Å². The van der Waals surface area contributed by atoms with E-state index < -0.39 is 12.1 Å². The molecule has 0 spiro atoms. The summed E-state index contributed by atoms with van der Waals surface area (Å²) >= 11 is 1.28. The molecule has 2 aromatic rings. The summed E-state index contributed by atoms with van der Waals surface area (Å²) < 4.78 is 18.3. The molecule has 1 amide bonds. The molecule has 1 heterocycles. The molecular formula is C19H19NO5S. The van der Waals surface area contributed by atoms with Gasteiger partial charge in [0.2, 0.25) is 0 Å². The monoisotopic (exact) mass is 373 g/mol. The summed E-state index contributed by atoms with van der Waals surface area (Å²) in [6.45, 7) is 0.732. The molecule has 136 valence electrons. The summed E-state index contributed by atoms with van der Waals surface area (Å²) in [4.78, 5) is 23.5. The van der Waals surface area contributed by atoms with E-state index in [2.05, 4.69) is 4.72 Å². The Hall–Kier alpha value is -2.67. The fourth-order valence-corrected chi connectivity index (χ4v) is 3.43. The van der Waals surface area contributed by atoms with Gasteiger partial charge in [0, 0.05) is 5.56 Å². The molecule has 0 radical (unpaired) electrons. The number of esters is 1. The molecule has 1 aliphatic rings. The second kappa shape index (κ2) is 8.62. The van der Waals surface area contributed by atoms with Gasteiger partial charge in [-0.05, 0) is 36.1 Å². The van der Waals surface area contributed by atoms with Gasteiger partial charge in [0.1, 0.15) is 12.4 Å². The van der Waals surface area contributed by atoms with Crippen LogP contribution >= 0.6 is 11.9 Å². The highest BCUT2D eigenvalue weighted by Gasteiger charge is 2.24. The Bertz CT molecular complexity index is 781. The summed E-state index contributed by atoms with van der Waals surface area (Å²) in [5.41, 5.74) is 2.30. The van der Waals surface area contributed by atoms with Gasteiger partial charge < -0.3 is 14.2 Å². The largest absolute Gasteiger partial charge is 0.493 e. The average molecular weight is 373 g/mol. The number of carbonyl (C=O) groups is 2. The molecule has 2 aromatic carbocycles. The lowest BCUT2D eigenvalue weighted by atomic mass is 10.0. The highest BCUT2D eigenvalue weighted by atomic mass is 32.2. The fraction of sp³-hybridized carbons (Fsp3) is 0.263. The van der Waals surface area contributed by atoms with Crippen molar-refractivity contribution in [3.05, 3.63) is 65.2 Å². The molecule has 26 heavy (non-hydrogen) atoms. The Morgan fingerprint density at radius 1 is 1.23 bits per heavy atom. The Morgan fingerprint density at radius 2 is 2.04 bits per heavy atom. The van der Waals surface area contributed by atoms with Crippen molar-refractivity contribution in [1.82, 2.24) is 4.72 Å². The van der Waals surface area contributed by atoms with Crippen LogP contribution in [0.15, 0.2) is 48.5 Å². The summed E-state index contributed by atoms with van der Waals surface area (Å²) in [6.07, 6.45) is 0.256. The lowest BCUT2D eigenvalue weighted by Gasteiger charge is -2.25. The minimum Gasteiger partial charge on any atom is -0.493 e. The quantitative estimate of drug-likeness (QED) is 0.633. The molecule has 1 N–H and O–H groups in total. The number of benzene rings is 2. The molecule has 0 saturated heterocycles. The molecule has 7 heteroatoms. The van der Waals surface area contributed by atoms with Gasteiger partial charge in [-0.1, -0.05) is 36.4 Å². The molecule has 0 aliphatic carbocycles. The van der Waals surface area contributed by atoms with E-state index in [0.29, 0.717) is 17.9 Å². The van der Waals surface area contributed by atoms with Crippen LogP contribution in [0.4, 0.5) is 4.79 Å². The summed E-state index contributed by atoms with van der Waals surface area (Å²) in [6, 6.07) is 14.7. The van der Waals surface area contributed by atoms with Gasteiger partial charge in [-0.3, -0.25) is 4.72 Å². The molecule has 0 bridgehead atoms. The number of methoxy groups -OCH3 is 1. The van der Waals surface area contributed by atoms with E-state index in [1.54, 1.807) is 12.1 Å². The third kappa shape index (κ3) is 4.49. The first-order chi connectivity index (χ1) is 12.7. The molecule has 0 unspecified atom stereocenters. The van der Waals surface area contributed by atoms with Gasteiger partial charge in [-0.25, -0.2) is 9.59 Å². The number of rotatable bonds is 5. The first kappa shape index (κ1) is 18.1. The fourth-order valence-electron chi connectivity index (χ4n) is 2.60. The number of ether oxygens (including phenoxy) is 3. The van der Waals surface area contributed by atoms with Gasteiger partial charge in [-0.15, -0.1) is 0 Å². The van der Waals surface area contributed by atoms with Crippen molar-refractivity contribution in [2.75, 3.05) is 13.7 Å². The Kier molecular flexibility index (Phi) is 6.01. The average Bonchev–Trinajstić information content (AvgIpc) is 2.70. The third-order valence-electron chi connectivity index (χ3n) is 3.92. The lowest BCUT2D eigenvalue weighted by Crippen LogP contribution is -2.21. The maximum absolute atomic E-state index is 11.9. The number of hydrogen-bond donors (Lipinski definition) is 1. The van der Waals surface area contributed by atoms with E-state index in [0.717, 1.165) is 17.5 Å². The Labute approximate surface area is 156 Å². The maximum Gasteiger partial charge on any atom is 0.417 e. The van der Waals surface area contributed by atoms with E-state index in [1.807, 2.05) is 36.4 Å². The van der Waals surface area contributed by atoms with Crippen LogP contribution in [0, 0.1) is 0 Å². The predicted molar refractivity (Wildman–Crippen MR) is 98.0 cm³/mol. The Morgan fingerprint density at radius 3 is 2.81 bits per heavy atom. The van der Waals surface area contributed by atoms with Crippen LogP contribution in [-0.4, -0.2) is 25.8 Å². The molecule has 1 aliphatic heterocycles. The first-order valence-corrected chi connectivity index (χ1v) is 9.02. The number of fused-ring (bicyclic) bond motifs is 1. The van der Waals surface area contributed by atoms with Gasteiger partial charge in [0.05, 0.1) is 24.5 Å². The topological polar surface area (TPSA) is 73.9 Å². The molecule has 0 aromatic heterocycles. The van der Waals surface area contributed by atoms with Crippen LogP contribution in [-0.2, 0) is 16.1 Å². The van der Waals surface area contributed by atoms with E-state index in [-0.39, 0.29) is 11.9 Å². The lowest BCUT2D eigenvalue weighted by molar-refractivity contribution is 0.0600. The van der Waals surface area contributed by atoms with E-state index in [9.17, 15) is 9.59 Å². The number of nitrogens with one attached hydrogen (secondary N) is 1. The molecule has 0 saturated carbocycles. The maximum atomic E-state index is 11.9. The second-order valence-electron chi connectivity index (χ2n) is 5.65. The van der Waals surface area contributed by atoms with Gasteiger partial charge >= 0.3 is 12.1 Å². The standard InChI is InChI=1S/C19H19NO5S/c1-23-18(21)14-7-8-15-16(11-14)24-10-9-17(15)26-20-19(22)25-12-13-5-3-2-4-6-13/h2-8,11,17H,9-10,12H2,1H3,(H,20,22)/t17-/m1/s1. The second-order valence-corrected chi connectivity index (χ2v) is 6.66. The summed E-state index contributed by atoms with van der Waals surface area (Å²) in [5, 5.41) is 0.0229. The molecule has 0 fully saturated rings. The highest BCUT2D eigenvalue weighted by molar-refractivity contribution is 7.98. The van der Waals surface area contributed by atoms with Crippen LogP contribution in [0.3, 0.4) is 0 Å². The molecular weight excluding hydrogens is 354 g/mol. The minimum absolute atomic E-state index is 0.0229. The summed E-state index contributed by atoms with van der Waals surface area (Å²) in [7, 11) is 1.34. The summed E-state index contributed by atoms with van der Waals surface area (Å²) in [5.74, 6) is 0.227. The van der Waals surface area contributed by atoms with E-state index in [1.165, 1.54) is 19.1 Å². The smallest absolute Gasteiger partial charge is 0.417 e. The van der Waals surface area contributed by atoms with Crippen molar-refractivity contribution in [2.24, 2.45) is 0 Å². The highest BCUT2D eigenvalue weighted by Crippen LogP contribution is 2.40. The van der Waals surface area contributed by atoms with E-state index >= 15 is 0 Å². The number of amides is 1. The van der Waals surface area contributed by atoms with Crippen molar-refractivity contribution >= 4 is 24.0 Å².